The molecule has 1 aliphatic carbocycles. The second-order valence-electron chi connectivity index (χ2n) is 5.70. The summed E-state index contributed by atoms with van der Waals surface area (Å²) in [4.78, 5) is 0.256. The van der Waals surface area contributed by atoms with Crippen molar-refractivity contribution < 1.29 is 13.5 Å². The lowest BCUT2D eigenvalue weighted by Crippen LogP contribution is -2.37. The normalized spacial score (nSPS) is 19.9. The van der Waals surface area contributed by atoms with Crippen molar-refractivity contribution in [2.45, 2.75) is 56.6 Å². The first-order valence-corrected chi connectivity index (χ1v) is 8.69. The van der Waals surface area contributed by atoms with E-state index in [2.05, 4.69) is 4.72 Å². The van der Waals surface area contributed by atoms with Gasteiger partial charge in [-0.25, -0.2) is 13.1 Å². The maximum atomic E-state index is 12.3. The van der Waals surface area contributed by atoms with Crippen LogP contribution in [0, 0.1) is 5.92 Å². The van der Waals surface area contributed by atoms with Crippen LogP contribution in [0.15, 0.2) is 29.2 Å². The number of rotatable bonds is 5. The first kappa shape index (κ1) is 15.5. The quantitative estimate of drug-likeness (QED) is 0.878. The molecule has 4 nitrogen and oxygen atoms in total. The van der Waals surface area contributed by atoms with Crippen LogP contribution in [0.5, 0.6) is 0 Å². The highest BCUT2D eigenvalue weighted by Gasteiger charge is 2.26. The Kier molecular flexibility index (Phi) is 4.83. The van der Waals surface area contributed by atoms with E-state index in [1.165, 1.54) is 12.8 Å². The summed E-state index contributed by atoms with van der Waals surface area (Å²) in [6, 6.07) is 6.37. The van der Waals surface area contributed by atoms with E-state index >= 15 is 0 Å². The van der Waals surface area contributed by atoms with E-state index in [4.69, 9.17) is 0 Å². The molecule has 0 saturated heterocycles. The molecule has 1 saturated carbocycles. The summed E-state index contributed by atoms with van der Waals surface area (Å²) >= 11 is 0. The monoisotopic (exact) mass is 297 g/mol. The van der Waals surface area contributed by atoms with Crippen molar-refractivity contribution in [1.29, 1.82) is 0 Å². The van der Waals surface area contributed by atoms with Crippen LogP contribution < -0.4 is 4.72 Å². The Morgan fingerprint density at radius 2 is 1.70 bits per heavy atom. The number of nitrogens with one attached hydrogen (secondary N) is 1. The van der Waals surface area contributed by atoms with Gasteiger partial charge in [0.25, 0.3) is 0 Å². The Morgan fingerprint density at radius 3 is 2.20 bits per heavy atom. The molecule has 0 aromatic heterocycles. The van der Waals surface area contributed by atoms with Gasteiger partial charge in [-0.2, -0.15) is 0 Å². The standard InChI is InChI=1S/C15H23NO3S/c1-11(13-5-3-4-6-13)16-20(18,19)15-9-7-14(8-10-15)12(2)17/h7-13,16-17H,3-6H2,1-2H3. The van der Waals surface area contributed by atoms with Crippen LogP contribution in [0.1, 0.15) is 51.2 Å². The van der Waals surface area contributed by atoms with Gasteiger partial charge in [0.2, 0.25) is 10.0 Å². The summed E-state index contributed by atoms with van der Waals surface area (Å²) in [5.41, 5.74) is 0.716. The van der Waals surface area contributed by atoms with Gasteiger partial charge in [-0.05, 0) is 50.3 Å². The van der Waals surface area contributed by atoms with Crippen molar-refractivity contribution in [3.05, 3.63) is 29.8 Å². The number of aliphatic hydroxyl groups is 1. The molecule has 1 fully saturated rings. The maximum Gasteiger partial charge on any atom is 0.240 e. The van der Waals surface area contributed by atoms with E-state index in [9.17, 15) is 13.5 Å². The number of hydrogen-bond acceptors (Lipinski definition) is 3. The van der Waals surface area contributed by atoms with Crippen LogP contribution in [0.25, 0.3) is 0 Å². The average Bonchev–Trinajstić information content (AvgIpc) is 2.92. The fourth-order valence-corrected chi connectivity index (χ4v) is 4.10. The molecule has 5 heteroatoms. The molecule has 1 aromatic carbocycles. The summed E-state index contributed by atoms with van der Waals surface area (Å²) in [6.45, 7) is 3.60. The average molecular weight is 297 g/mol. The molecule has 0 heterocycles. The SMILES string of the molecule is CC(O)c1ccc(S(=O)(=O)NC(C)C2CCCC2)cc1. The molecular weight excluding hydrogens is 274 g/mol. The molecule has 0 amide bonds. The first-order chi connectivity index (χ1) is 9.40. The minimum Gasteiger partial charge on any atom is -0.389 e. The van der Waals surface area contributed by atoms with Gasteiger partial charge in [0, 0.05) is 6.04 Å². The molecule has 0 aliphatic heterocycles. The second-order valence-corrected chi connectivity index (χ2v) is 7.41. The Balaban J connectivity index is 2.09. The van der Waals surface area contributed by atoms with Crippen LogP contribution in [-0.4, -0.2) is 19.6 Å². The van der Waals surface area contributed by atoms with Gasteiger partial charge in [0.15, 0.2) is 0 Å². The fourth-order valence-electron chi connectivity index (χ4n) is 2.79. The highest BCUT2D eigenvalue weighted by atomic mass is 32.2. The lowest BCUT2D eigenvalue weighted by molar-refractivity contribution is 0.199. The van der Waals surface area contributed by atoms with Gasteiger partial charge >= 0.3 is 0 Å². The summed E-state index contributed by atoms with van der Waals surface area (Å²) in [5.74, 6) is 0.446. The third-order valence-corrected chi connectivity index (χ3v) is 5.70. The number of benzene rings is 1. The molecule has 2 N–H and O–H groups in total. The van der Waals surface area contributed by atoms with Gasteiger partial charge < -0.3 is 5.11 Å². The third-order valence-electron chi connectivity index (χ3n) is 4.12. The Bertz CT molecular complexity index is 531. The Morgan fingerprint density at radius 1 is 1.15 bits per heavy atom. The van der Waals surface area contributed by atoms with Gasteiger partial charge in [0.1, 0.15) is 0 Å². The van der Waals surface area contributed by atoms with Crippen LogP contribution in [0.3, 0.4) is 0 Å². The summed E-state index contributed by atoms with van der Waals surface area (Å²) in [7, 11) is -3.47. The van der Waals surface area contributed by atoms with Crippen LogP contribution in [-0.2, 0) is 10.0 Å². The number of sulfonamides is 1. The smallest absolute Gasteiger partial charge is 0.240 e. The van der Waals surface area contributed by atoms with Crippen molar-refractivity contribution in [1.82, 2.24) is 4.72 Å². The molecule has 1 aromatic rings. The summed E-state index contributed by atoms with van der Waals surface area (Å²) < 4.78 is 27.4. The van der Waals surface area contributed by atoms with Crippen LogP contribution in [0.4, 0.5) is 0 Å². The molecule has 112 valence electrons. The van der Waals surface area contributed by atoms with E-state index in [0.717, 1.165) is 12.8 Å². The molecule has 2 atom stereocenters. The minimum absolute atomic E-state index is 0.0288. The van der Waals surface area contributed by atoms with Crippen molar-refractivity contribution in [3.8, 4) is 0 Å². The van der Waals surface area contributed by atoms with E-state index in [1.54, 1.807) is 31.2 Å². The number of aliphatic hydroxyl groups excluding tert-OH is 1. The van der Waals surface area contributed by atoms with Gasteiger partial charge in [-0.1, -0.05) is 25.0 Å². The summed E-state index contributed by atoms with van der Waals surface area (Å²) in [6.07, 6.45) is 4.01. The third kappa shape index (κ3) is 3.59. The lowest BCUT2D eigenvalue weighted by atomic mass is 10.0. The molecule has 2 unspecified atom stereocenters. The molecular formula is C15H23NO3S. The molecule has 2 rings (SSSR count). The van der Waals surface area contributed by atoms with Gasteiger partial charge in [0.05, 0.1) is 11.0 Å². The minimum atomic E-state index is -3.47. The van der Waals surface area contributed by atoms with Crippen molar-refractivity contribution >= 4 is 10.0 Å². The first-order valence-electron chi connectivity index (χ1n) is 7.20. The lowest BCUT2D eigenvalue weighted by Gasteiger charge is -2.20. The highest BCUT2D eigenvalue weighted by Crippen LogP contribution is 2.28. The summed E-state index contributed by atoms with van der Waals surface area (Å²) in [5, 5.41) is 9.44. The molecule has 1 aliphatic rings. The van der Waals surface area contributed by atoms with E-state index in [0.29, 0.717) is 11.5 Å². The molecule has 20 heavy (non-hydrogen) atoms. The zero-order valence-electron chi connectivity index (χ0n) is 12.0. The topological polar surface area (TPSA) is 66.4 Å². The Hall–Kier alpha value is -0.910. The van der Waals surface area contributed by atoms with E-state index < -0.39 is 16.1 Å². The molecule has 0 bridgehead atoms. The van der Waals surface area contributed by atoms with Crippen molar-refractivity contribution in [2.24, 2.45) is 5.92 Å². The van der Waals surface area contributed by atoms with Crippen LogP contribution >= 0.6 is 0 Å². The van der Waals surface area contributed by atoms with Crippen LogP contribution in [0.2, 0.25) is 0 Å². The van der Waals surface area contributed by atoms with E-state index in [1.807, 2.05) is 6.92 Å². The van der Waals surface area contributed by atoms with Gasteiger partial charge in [-0.3, -0.25) is 0 Å². The second kappa shape index (κ2) is 6.24. The largest absolute Gasteiger partial charge is 0.389 e. The predicted octanol–water partition coefficient (Wildman–Crippen LogP) is 2.60. The predicted molar refractivity (Wildman–Crippen MR) is 78.8 cm³/mol. The van der Waals surface area contributed by atoms with Crippen molar-refractivity contribution in [3.63, 3.8) is 0 Å². The highest BCUT2D eigenvalue weighted by molar-refractivity contribution is 7.89. The van der Waals surface area contributed by atoms with Crippen molar-refractivity contribution in [2.75, 3.05) is 0 Å². The number of hydrogen-bond donors (Lipinski definition) is 2. The zero-order chi connectivity index (χ0) is 14.8. The Labute approximate surface area is 121 Å². The molecule has 0 radical (unpaired) electrons. The molecule has 0 spiro atoms. The van der Waals surface area contributed by atoms with Gasteiger partial charge in [-0.15, -0.1) is 0 Å². The van der Waals surface area contributed by atoms with E-state index in [-0.39, 0.29) is 10.9 Å². The maximum absolute atomic E-state index is 12.3. The fraction of sp³-hybridized carbons (Fsp3) is 0.600. The zero-order valence-corrected chi connectivity index (χ0v) is 12.9.